The number of hydrogen-bond donors (Lipinski definition) is 1. The first-order valence-electron chi connectivity index (χ1n) is 11.6. The molecule has 4 aliphatic carbocycles. The number of aliphatic hydroxyl groups is 1. The van der Waals surface area contributed by atoms with Gasteiger partial charge in [-0.05, 0) is 117 Å². The van der Waals surface area contributed by atoms with Gasteiger partial charge in [0.2, 0.25) is 0 Å². The van der Waals surface area contributed by atoms with Crippen molar-refractivity contribution in [2.75, 3.05) is 6.67 Å². The topological polar surface area (TPSA) is 20.2 Å². The fourth-order valence-corrected chi connectivity index (χ4v) is 8.81. The summed E-state index contributed by atoms with van der Waals surface area (Å²) in [7, 11) is 0. The summed E-state index contributed by atoms with van der Waals surface area (Å²) >= 11 is 0. The van der Waals surface area contributed by atoms with E-state index in [1.807, 2.05) is 0 Å². The molecule has 0 aliphatic heterocycles. The molecular formula is C24H41FO. The van der Waals surface area contributed by atoms with Crippen LogP contribution in [0.1, 0.15) is 91.4 Å². The molecule has 1 unspecified atom stereocenters. The minimum absolute atomic E-state index is 0.0364. The molecule has 4 saturated carbocycles. The summed E-state index contributed by atoms with van der Waals surface area (Å²) in [5.74, 6) is 4.99. The molecule has 4 rings (SSSR count). The zero-order valence-corrected chi connectivity index (χ0v) is 17.4. The smallest absolute Gasteiger partial charge is 0.0894 e. The van der Waals surface area contributed by atoms with Crippen LogP contribution in [0.3, 0.4) is 0 Å². The highest BCUT2D eigenvalue weighted by Gasteiger charge is 2.60. The van der Waals surface area contributed by atoms with Gasteiger partial charge in [0.15, 0.2) is 0 Å². The highest BCUT2D eigenvalue weighted by atomic mass is 19.1. The molecule has 0 spiro atoms. The SMILES string of the molecule is C[C@H](CCCF)C1CC[C@H]2[C@@H]3CC[C@@H]4C[C@H](O)CC[C@]4(C)[C@H]3CC[C@]12C. The number of alkyl halides is 1. The summed E-state index contributed by atoms with van der Waals surface area (Å²) in [5.41, 5.74) is 0.996. The minimum atomic E-state index is -0.145. The maximum atomic E-state index is 12.7. The van der Waals surface area contributed by atoms with Gasteiger partial charge in [0.1, 0.15) is 0 Å². The third kappa shape index (κ3) is 2.88. The van der Waals surface area contributed by atoms with Crippen molar-refractivity contribution >= 4 is 0 Å². The van der Waals surface area contributed by atoms with Gasteiger partial charge >= 0.3 is 0 Å². The monoisotopic (exact) mass is 364 g/mol. The Morgan fingerprint density at radius 3 is 2.46 bits per heavy atom. The molecule has 0 aromatic rings. The van der Waals surface area contributed by atoms with Crippen LogP contribution in [0.4, 0.5) is 4.39 Å². The average Bonchev–Trinajstić information content (AvgIpc) is 2.97. The zero-order valence-electron chi connectivity index (χ0n) is 17.4. The van der Waals surface area contributed by atoms with Crippen molar-refractivity contribution < 1.29 is 9.50 Å². The molecule has 4 aliphatic rings. The molecular weight excluding hydrogens is 323 g/mol. The maximum Gasteiger partial charge on any atom is 0.0894 e. The van der Waals surface area contributed by atoms with Crippen molar-refractivity contribution in [3.63, 3.8) is 0 Å². The first kappa shape index (κ1) is 19.2. The van der Waals surface area contributed by atoms with Crippen LogP contribution in [0.5, 0.6) is 0 Å². The van der Waals surface area contributed by atoms with E-state index >= 15 is 0 Å². The van der Waals surface area contributed by atoms with Crippen LogP contribution in [0.15, 0.2) is 0 Å². The summed E-state index contributed by atoms with van der Waals surface area (Å²) in [6.07, 6.45) is 13.5. The first-order chi connectivity index (χ1) is 12.4. The second kappa shape index (κ2) is 7.05. The summed E-state index contributed by atoms with van der Waals surface area (Å²) in [6.45, 7) is 7.45. The second-order valence-electron chi connectivity index (χ2n) is 11.1. The molecule has 150 valence electrons. The average molecular weight is 365 g/mol. The van der Waals surface area contributed by atoms with Gasteiger partial charge in [0.25, 0.3) is 0 Å². The van der Waals surface area contributed by atoms with Crippen molar-refractivity contribution in [2.24, 2.45) is 46.3 Å². The molecule has 0 amide bonds. The quantitative estimate of drug-likeness (QED) is 0.612. The number of fused-ring (bicyclic) bond motifs is 5. The summed E-state index contributed by atoms with van der Waals surface area (Å²) in [6, 6.07) is 0. The van der Waals surface area contributed by atoms with Gasteiger partial charge in [-0.2, -0.15) is 0 Å². The Hall–Kier alpha value is -0.110. The number of halogens is 1. The Kier molecular flexibility index (Phi) is 5.21. The normalized spacial score (nSPS) is 52.0. The highest BCUT2D eigenvalue weighted by Crippen LogP contribution is 2.68. The van der Waals surface area contributed by atoms with E-state index in [1.165, 1.54) is 44.9 Å². The maximum absolute atomic E-state index is 12.7. The molecule has 26 heavy (non-hydrogen) atoms. The van der Waals surface area contributed by atoms with Crippen LogP contribution in [0.2, 0.25) is 0 Å². The Morgan fingerprint density at radius 2 is 1.69 bits per heavy atom. The number of aliphatic hydroxyl groups excluding tert-OH is 1. The fourth-order valence-electron chi connectivity index (χ4n) is 8.81. The predicted octanol–water partition coefficient (Wildman–Crippen LogP) is 6.39. The molecule has 4 fully saturated rings. The van der Waals surface area contributed by atoms with E-state index < -0.39 is 0 Å². The van der Waals surface area contributed by atoms with Gasteiger partial charge in [-0.3, -0.25) is 4.39 Å². The molecule has 0 aromatic heterocycles. The van der Waals surface area contributed by atoms with Crippen LogP contribution in [-0.4, -0.2) is 17.9 Å². The van der Waals surface area contributed by atoms with Crippen molar-refractivity contribution in [3.05, 3.63) is 0 Å². The third-order valence-corrected chi connectivity index (χ3v) is 10.2. The Morgan fingerprint density at radius 1 is 0.962 bits per heavy atom. The summed E-state index contributed by atoms with van der Waals surface area (Å²) < 4.78 is 12.7. The van der Waals surface area contributed by atoms with Gasteiger partial charge in [0, 0.05) is 0 Å². The van der Waals surface area contributed by atoms with E-state index in [-0.39, 0.29) is 12.8 Å². The fraction of sp³-hybridized carbons (Fsp3) is 1.00. The van der Waals surface area contributed by atoms with E-state index in [1.54, 1.807) is 0 Å². The third-order valence-electron chi connectivity index (χ3n) is 10.2. The molecule has 0 bridgehead atoms. The molecule has 0 aromatic carbocycles. The van der Waals surface area contributed by atoms with Crippen molar-refractivity contribution in [2.45, 2.75) is 97.5 Å². The van der Waals surface area contributed by atoms with Gasteiger partial charge in [-0.1, -0.05) is 20.8 Å². The molecule has 0 heterocycles. The Labute approximate surface area is 160 Å². The lowest BCUT2D eigenvalue weighted by Crippen LogP contribution is -2.54. The van der Waals surface area contributed by atoms with Crippen molar-refractivity contribution in [3.8, 4) is 0 Å². The van der Waals surface area contributed by atoms with Crippen LogP contribution in [-0.2, 0) is 0 Å². The van der Waals surface area contributed by atoms with Crippen LogP contribution >= 0.6 is 0 Å². The van der Waals surface area contributed by atoms with E-state index in [2.05, 4.69) is 20.8 Å². The highest BCUT2D eigenvalue weighted by molar-refractivity contribution is 5.09. The van der Waals surface area contributed by atoms with Gasteiger partial charge < -0.3 is 5.11 Å². The second-order valence-corrected chi connectivity index (χ2v) is 11.1. The molecule has 0 radical (unpaired) electrons. The van der Waals surface area contributed by atoms with Gasteiger partial charge in [-0.25, -0.2) is 0 Å². The summed E-state index contributed by atoms with van der Waals surface area (Å²) in [5, 5.41) is 10.2. The van der Waals surface area contributed by atoms with E-state index in [0.29, 0.717) is 16.7 Å². The lowest BCUT2D eigenvalue weighted by molar-refractivity contribution is -0.129. The number of hydrogen-bond acceptors (Lipinski definition) is 1. The van der Waals surface area contributed by atoms with Crippen molar-refractivity contribution in [1.29, 1.82) is 0 Å². The summed E-state index contributed by atoms with van der Waals surface area (Å²) in [4.78, 5) is 0. The standard InChI is InChI=1S/C24H41FO/c1-16(5-4-14-25)20-8-9-21-19-7-6-17-15-18(26)10-12-23(17,2)22(19)11-13-24(20,21)3/h16-22,26H,4-15H2,1-3H3/t16-,17-,18-,19+,20?,21+,22+,23+,24-/m1/s1. The largest absolute Gasteiger partial charge is 0.393 e. The van der Waals surface area contributed by atoms with E-state index in [9.17, 15) is 9.50 Å². The molecule has 0 saturated heterocycles. The van der Waals surface area contributed by atoms with Gasteiger partial charge in [-0.15, -0.1) is 0 Å². The van der Waals surface area contributed by atoms with Crippen LogP contribution in [0, 0.1) is 46.3 Å². The van der Waals surface area contributed by atoms with E-state index in [0.717, 1.165) is 55.3 Å². The van der Waals surface area contributed by atoms with Crippen LogP contribution in [0.25, 0.3) is 0 Å². The Balaban J connectivity index is 1.52. The first-order valence-corrected chi connectivity index (χ1v) is 11.6. The number of rotatable bonds is 4. The molecule has 1 nitrogen and oxygen atoms in total. The lowest BCUT2D eigenvalue weighted by Gasteiger charge is -2.61. The van der Waals surface area contributed by atoms with Crippen LogP contribution < -0.4 is 0 Å². The van der Waals surface area contributed by atoms with Gasteiger partial charge in [0.05, 0.1) is 12.8 Å². The zero-order chi connectivity index (χ0) is 18.5. The minimum Gasteiger partial charge on any atom is -0.393 e. The molecule has 9 atom stereocenters. The predicted molar refractivity (Wildman–Crippen MR) is 106 cm³/mol. The lowest BCUT2D eigenvalue weighted by atomic mass is 9.44. The van der Waals surface area contributed by atoms with Crippen molar-refractivity contribution in [1.82, 2.24) is 0 Å². The Bertz CT molecular complexity index is 506. The molecule has 1 N–H and O–H groups in total. The molecule has 2 heteroatoms. The van der Waals surface area contributed by atoms with E-state index in [4.69, 9.17) is 0 Å².